The third-order valence-corrected chi connectivity index (χ3v) is 14.8. The Hall–Kier alpha value is -6.26. The summed E-state index contributed by atoms with van der Waals surface area (Å²) in [6.45, 7) is 4.77. The lowest BCUT2D eigenvalue weighted by Gasteiger charge is -2.31. The van der Waals surface area contributed by atoms with Crippen molar-refractivity contribution in [2.24, 2.45) is 17.8 Å². The van der Waals surface area contributed by atoms with Crippen LogP contribution in [0.25, 0.3) is 70.2 Å². The first-order valence-electron chi connectivity index (χ1n) is 21.4. The molecule has 1 aromatic heterocycles. The van der Waals surface area contributed by atoms with Gasteiger partial charge in [0.25, 0.3) is 0 Å². The molecule has 0 saturated carbocycles. The Balaban J connectivity index is 1.13. The van der Waals surface area contributed by atoms with Gasteiger partial charge in [0.1, 0.15) is 0 Å². The molecule has 11 rings (SSSR count). The van der Waals surface area contributed by atoms with Gasteiger partial charge in [-0.05, 0) is 139 Å². The van der Waals surface area contributed by atoms with Crippen LogP contribution in [-0.4, -0.2) is 0 Å². The Labute approximate surface area is 350 Å². The van der Waals surface area contributed by atoms with E-state index in [4.69, 9.17) is 0 Å². The van der Waals surface area contributed by atoms with Crippen LogP contribution < -0.4 is 0 Å². The van der Waals surface area contributed by atoms with E-state index in [1.165, 1.54) is 97.4 Å². The van der Waals surface area contributed by atoms with E-state index in [1.807, 2.05) is 23.5 Å². The van der Waals surface area contributed by atoms with Crippen molar-refractivity contribution in [2.45, 2.75) is 58.3 Å². The minimum atomic E-state index is -0.129. The standard InChI is InChI=1S/C56H44N2S/c1-33-23-25-46-48(27-33)54(39-16-6-4-14-37(39)32-58)44-21-11-12-22-45(44)55(46)49-28-34(2)29-51-56(49)47-26-24-35(30-50(47)59-51)52-40-17-7-9-19-42(40)53(43-20-10-8-18-41(43)52)38-15-5-3-13-36(38)31-57/h3-4,6-14,16-22,24,26,28,30,33-34,36,38H,5,15,23,25,27,29H2,1-2H3/t33-,34?,36?,38?/m1/s1. The van der Waals surface area contributed by atoms with Crippen LogP contribution in [0.3, 0.4) is 0 Å². The molecule has 0 radical (unpaired) electrons. The first-order valence-corrected chi connectivity index (χ1v) is 22.2. The summed E-state index contributed by atoms with van der Waals surface area (Å²) >= 11 is 1.98. The van der Waals surface area contributed by atoms with E-state index in [2.05, 4.69) is 147 Å². The zero-order chi connectivity index (χ0) is 39.8. The molecular weight excluding hydrogens is 733 g/mol. The summed E-state index contributed by atoms with van der Waals surface area (Å²) in [5.74, 6) is 1.02. The Morgan fingerprint density at radius 1 is 0.627 bits per heavy atom. The van der Waals surface area contributed by atoms with Gasteiger partial charge >= 0.3 is 0 Å². The molecule has 8 aromatic rings. The number of allylic oxidation sites excluding steroid dienone is 3. The summed E-state index contributed by atoms with van der Waals surface area (Å²) in [4.78, 5) is 1.47. The van der Waals surface area contributed by atoms with Gasteiger partial charge in [-0.3, -0.25) is 0 Å². The van der Waals surface area contributed by atoms with E-state index >= 15 is 0 Å². The molecule has 3 heteroatoms. The number of fused-ring (bicyclic) bond motifs is 7. The minimum Gasteiger partial charge on any atom is -0.198 e. The van der Waals surface area contributed by atoms with Gasteiger partial charge in [-0.15, -0.1) is 11.3 Å². The summed E-state index contributed by atoms with van der Waals surface area (Å²) in [5.41, 5.74) is 14.0. The van der Waals surface area contributed by atoms with Gasteiger partial charge in [0.05, 0.1) is 23.6 Å². The predicted octanol–water partition coefficient (Wildman–Crippen LogP) is 14.9. The second-order valence-corrected chi connectivity index (χ2v) is 18.4. The number of nitriles is 2. The fraction of sp³-hybridized carbons (Fsp3) is 0.214. The molecule has 0 spiro atoms. The predicted molar refractivity (Wildman–Crippen MR) is 248 cm³/mol. The molecule has 3 aliphatic rings. The Kier molecular flexibility index (Phi) is 8.65. The van der Waals surface area contributed by atoms with Crippen molar-refractivity contribution < 1.29 is 0 Å². The molecule has 59 heavy (non-hydrogen) atoms. The van der Waals surface area contributed by atoms with Crippen molar-refractivity contribution in [2.75, 3.05) is 0 Å². The van der Waals surface area contributed by atoms with E-state index < -0.39 is 0 Å². The lowest BCUT2D eigenvalue weighted by molar-refractivity contribution is 0.502. The molecule has 0 fully saturated rings. The summed E-state index contributed by atoms with van der Waals surface area (Å²) in [7, 11) is 0. The highest BCUT2D eigenvalue weighted by molar-refractivity contribution is 7.19. The van der Waals surface area contributed by atoms with Crippen LogP contribution in [0.2, 0.25) is 0 Å². The van der Waals surface area contributed by atoms with Crippen LogP contribution >= 0.6 is 11.3 Å². The van der Waals surface area contributed by atoms with Crippen molar-refractivity contribution in [3.63, 3.8) is 0 Å². The average molecular weight is 777 g/mol. The molecular formula is C56H44N2S. The number of thiophene rings is 1. The van der Waals surface area contributed by atoms with E-state index in [1.54, 1.807) is 0 Å². The Morgan fingerprint density at radius 3 is 2.00 bits per heavy atom. The summed E-state index contributed by atoms with van der Waals surface area (Å²) in [6, 6.07) is 47.4. The average Bonchev–Trinajstić information content (AvgIpc) is 3.64. The van der Waals surface area contributed by atoms with Gasteiger partial charge in [0.15, 0.2) is 0 Å². The van der Waals surface area contributed by atoms with Crippen LogP contribution in [0, 0.1) is 40.4 Å². The van der Waals surface area contributed by atoms with E-state index in [9.17, 15) is 10.5 Å². The van der Waals surface area contributed by atoms with Crippen LogP contribution in [0.5, 0.6) is 0 Å². The lowest BCUT2D eigenvalue weighted by Crippen LogP contribution is -2.17. The van der Waals surface area contributed by atoms with Crippen LogP contribution in [0.1, 0.15) is 77.3 Å². The Bertz CT molecular complexity index is 3140. The highest BCUT2D eigenvalue weighted by Gasteiger charge is 2.32. The molecule has 0 N–H and O–H groups in total. The second kappa shape index (κ2) is 14.2. The molecule has 284 valence electrons. The smallest absolute Gasteiger partial charge is 0.0998 e. The number of nitrogens with zero attached hydrogens (tertiary/aromatic N) is 2. The highest BCUT2D eigenvalue weighted by Crippen LogP contribution is 2.52. The lowest BCUT2D eigenvalue weighted by atomic mass is 9.72. The molecule has 2 nitrogen and oxygen atoms in total. The van der Waals surface area contributed by atoms with Crippen molar-refractivity contribution in [3.8, 4) is 34.4 Å². The van der Waals surface area contributed by atoms with Gasteiger partial charge in [0, 0.05) is 32.0 Å². The second-order valence-electron chi connectivity index (χ2n) is 17.3. The molecule has 7 aromatic carbocycles. The van der Waals surface area contributed by atoms with E-state index in [0.717, 1.165) is 49.7 Å². The quantitative estimate of drug-likeness (QED) is 0.132. The largest absolute Gasteiger partial charge is 0.198 e. The number of rotatable bonds is 4. The molecule has 0 aliphatic heterocycles. The molecule has 3 unspecified atom stereocenters. The molecule has 4 atom stereocenters. The molecule has 0 saturated heterocycles. The fourth-order valence-corrected chi connectivity index (χ4v) is 12.5. The maximum Gasteiger partial charge on any atom is 0.0998 e. The maximum atomic E-state index is 10.3. The van der Waals surface area contributed by atoms with Crippen molar-refractivity contribution in [3.05, 3.63) is 172 Å². The SMILES string of the molecule is CC1C=C(c2c3c(c(-c4ccccc4C#N)c4ccccc24)C[C@H](C)CC3)c2c(sc3cc(-c4c5ccccc5c(C5CCC=CC5C#N)c5ccccc45)ccc23)C1. The van der Waals surface area contributed by atoms with Crippen molar-refractivity contribution in [1.82, 2.24) is 0 Å². The van der Waals surface area contributed by atoms with Crippen LogP contribution in [-0.2, 0) is 19.3 Å². The number of hydrogen-bond acceptors (Lipinski definition) is 3. The van der Waals surface area contributed by atoms with Crippen LogP contribution in [0.15, 0.2) is 133 Å². The molecule has 0 bridgehead atoms. The first kappa shape index (κ1) is 35.9. The van der Waals surface area contributed by atoms with Gasteiger partial charge < -0.3 is 0 Å². The Morgan fingerprint density at radius 2 is 1.29 bits per heavy atom. The third-order valence-electron chi connectivity index (χ3n) is 13.7. The number of hydrogen-bond donors (Lipinski definition) is 0. The fourth-order valence-electron chi connectivity index (χ4n) is 11.1. The number of benzene rings is 7. The molecule has 3 aliphatic carbocycles. The van der Waals surface area contributed by atoms with E-state index in [0.29, 0.717) is 11.8 Å². The maximum absolute atomic E-state index is 10.3. The van der Waals surface area contributed by atoms with Gasteiger partial charge in [0.2, 0.25) is 0 Å². The third kappa shape index (κ3) is 5.63. The minimum absolute atomic E-state index is 0.129. The van der Waals surface area contributed by atoms with Crippen molar-refractivity contribution >= 4 is 59.3 Å². The molecule has 0 amide bonds. The summed E-state index contributed by atoms with van der Waals surface area (Å²) in [5, 5.41) is 29.5. The van der Waals surface area contributed by atoms with Crippen molar-refractivity contribution in [1.29, 1.82) is 10.5 Å². The molecule has 1 heterocycles. The zero-order valence-electron chi connectivity index (χ0n) is 33.6. The first-order chi connectivity index (χ1) is 29.0. The highest BCUT2D eigenvalue weighted by atomic mass is 32.1. The van der Waals surface area contributed by atoms with Gasteiger partial charge in [-0.2, -0.15) is 10.5 Å². The summed E-state index contributed by atoms with van der Waals surface area (Å²) in [6.07, 6.45) is 13.1. The monoisotopic (exact) mass is 776 g/mol. The topological polar surface area (TPSA) is 47.6 Å². The normalized spacial score (nSPS) is 20.0. The summed E-state index contributed by atoms with van der Waals surface area (Å²) < 4.78 is 1.33. The zero-order valence-corrected chi connectivity index (χ0v) is 34.4. The van der Waals surface area contributed by atoms with Crippen LogP contribution in [0.4, 0.5) is 0 Å². The van der Waals surface area contributed by atoms with E-state index in [-0.39, 0.29) is 11.8 Å². The van der Waals surface area contributed by atoms with Gasteiger partial charge in [-0.1, -0.05) is 135 Å². The van der Waals surface area contributed by atoms with Gasteiger partial charge in [-0.25, -0.2) is 0 Å².